The van der Waals surface area contributed by atoms with Gasteiger partial charge in [0.15, 0.2) is 0 Å². The van der Waals surface area contributed by atoms with E-state index in [-0.39, 0.29) is 30.7 Å². The average molecular weight is 653 g/mol. The summed E-state index contributed by atoms with van der Waals surface area (Å²) in [6.07, 6.45) is 8.03. The van der Waals surface area contributed by atoms with Crippen molar-refractivity contribution in [3.05, 3.63) is 54.4 Å². The molecule has 1 aromatic carbocycles. The van der Waals surface area contributed by atoms with Gasteiger partial charge in [-0.1, -0.05) is 76.3 Å². The molecule has 0 radical (unpaired) electrons. The van der Waals surface area contributed by atoms with Gasteiger partial charge in [-0.25, -0.2) is 0 Å². The zero-order valence-electron chi connectivity index (χ0n) is 28.5. The third kappa shape index (κ3) is 11.7. The molecule has 4 N–H and O–H groups in total. The lowest BCUT2D eigenvalue weighted by atomic mass is 9.82. The van der Waals surface area contributed by atoms with Crippen molar-refractivity contribution in [2.75, 3.05) is 33.2 Å². The van der Waals surface area contributed by atoms with Crippen molar-refractivity contribution < 1.29 is 24.6 Å². The van der Waals surface area contributed by atoms with Crippen LogP contribution in [0.3, 0.4) is 0 Å². The molecule has 2 aromatic rings. The largest absolute Gasteiger partial charge is 0.390 e. The van der Waals surface area contributed by atoms with E-state index in [1.165, 1.54) is 6.42 Å². The van der Waals surface area contributed by atoms with E-state index in [2.05, 4.69) is 20.6 Å². The summed E-state index contributed by atoms with van der Waals surface area (Å²) in [5.74, 6) is -1.08. The Labute approximate surface area is 280 Å². The van der Waals surface area contributed by atoms with Gasteiger partial charge in [0.2, 0.25) is 17.7 Å². The molecule has 11 nitrogen and oxygen atoms in total. The highest BCUT2D eigenvalue weighted by Crippen LogP contribution is 2.29. The second kappa shape index (κ2) is 18.3. The molecule has 260 valence electrons. The Kier molecular flexibility index (Phi) is 14.2. The maximum absolute atomic E-state index is 14.0. The minimum Gasteiger partial charge on any atom is -0.390 e. The number of aliphatic hydroxyl groups is 2. The van der Waals surface area contributed by atoms with E-state index in [4.69, 9.17) is 0 Å². The quantitative estimate of drug-likeness (QED) is 0.219. The van der Waals surface area contributed by atoms with Crippen LogP contribution < -0.4 is 10.6 Å². The molecule has 2 aliphatic rings. The predicted octanol–water partition coefficient (Wildman–Crippen LogP) is 2.61. The molecule has 1 saturated carbocycles. The van der Waals surface area contributed by atoms with Crippen LogP contribution in [0.4, 0.5) is 0 Å². The van der Waals surface area contributed by atoms with Crippen LogP contribution in [0.25, 0.3) is 0 Å². The first kappa shape index (κ1) is 36.6. The van der Waals surface area contributed by atoms with Crippen LogP contribution in [0.2, 0.25) is 0 Å². The molecule has 0 unspecified atom stereocenters. The summed E-state index contributed by atoms with van der Waals surface area (Å²) >= 11 is 0. The number of nitrogens with one attached hydrogen (secondary N) is 2. The van der Waals surface area contributed by atoms with Crippen molar-refractivity contribution in [2.24, 2.45) is 17.8 Å². The standard InChI is InChI=1S/C36H56N6O5/c1-26(2)21-32(43)34(45)30(23-28-13-8-5-9-14-28)38-36(47)31(25-42-16-10-15-37-42)39-35(46)29(22-27-11-6-4-7-12-27)24-33(44)41-19-17-40(3)18-20-41/h4,6-7,10-12,15-16,26,28-32,34,43,45H,5,8-9,13-14,17-25H2,1-3H3,(H,38,47)(H,39,46)/t29-,30+,31+,32+,34-/m1/s1. The fourth-order valence-electron chi connectivity index (χ4n) is 6.87. The lowest BCUT2D eigenvalue weighted by molar-refractivity contribution is -0.138. The van der Waals surface area contributed by atoms with E-state index in [9.17, 15) is 24.6 Å². The molecule has 11 heteroatoms. The topological polar surface area (TPSA) is 140 Å². The predicted molar refractivity (Wildman–Crippen MR) is 181 cm³/mol. The Hall–Kier alpha value is -3.28. The maximum atomic E-state index is 14.0. The molecular weight excluding hydrogens is 596 g/mol. The summed E-state index contributed by atoms with van der Waals surface area (Å²) in [5, 5.41) is 32.5. The van der Waals surface area contributed by atoms with Crippen molar-refractivity contribution in [3.8, 4) is 0 Å². The van der Waals surface area contributed by atoms with E-state index in [0.29, 0.717) is 38.3 Å². The van der Waals surface area contributed by atoms with E-state index in [1.54, 1.807) is 23.1 Å². The van der Waals surface area contributed by atoms with E-state index in [1.807, 2.05) is 56.1 Å². The summed E-state index contributed by atoms with van der Waals surface area (Å²) in [6, 6.07) is 9.68. The van der Waals surface area contributed by atoms with Crippen LogP contribution >= 0.6 is 0 Å². The van der Waals surface area contributed by atoms with Crippen LogP contribution in [-0.2, 0) is 27.3 Å². The highest BCUT2D eigenvalue weighted by atomic mass is 16.3. The van der Waals surface area contributed by atoms with Gasteiger partial charge in [-0.3, -0.25) is 19.1 Å². The molecule has 2 heterocycles. The first-order valence-corrected chi connectivity index (χ1v) is 17.5. The third-order valence-corrected chi connectivity index (χ3v) is 9.69. The number of likely N-dealkylation sites (N-methyl/N-ethyl adjacent to an activating group) is 1. The van der Waals surface area contributed by atoms with Gasteiger partial charge in [-0.15, -0.1) is 0 Å². The first-order chi connectivity index (χ1) is 22.6. The Bertz CT molecular complexity index is 1230. The highest BCUT2D eigenvalue weighted by molar-refractivity contribution is 5.91. The fraction of sp³-hybridized carbons (Fsp3) is 0.667. The van der Waals surface area contributed by atoms with E-state index >= 15 is 0 Å². The number of carbonyl (C=O) groups excluding carboxylic acids is 3. The number of nitrogens with zero attached hydrogens (tertiary/aromatic N) is 4. The normalized spacial score (nSPS) is 19.5. The highest BCUT2D eigenvalue weighted by Gasteiger charge is 2.35. The smallest absolute Gasteiger partial charge is 0.244 e. The van der Waals surface area contributed by atoms with Crippen molar-refractivity contribution in [1.82, 2.24) is 30.2 Å². The monoisotopic (exact) mass is 652 g/mol. The second-order valence-corrected chi connectivity index (χ2v) is 14.1. The van der Waals surface area contributed by atoms with Crippen LogP contribution in [0.1, 0.15) is 70.8 Å². The molecule has 1 aromatic heterocycles. The number of hydrogen-bond acceptors (Lipinski definition) is 7. The van der Waals surface area contributed by atoms with Crippen LogP contribution in [0.5, 0.6) is 0 Å². The van der Waals surface area contributed by atoms with Crippen molar-refractivity contribution in [3.63, 3.8) is 0 Å². The Morgan fingerprint density at radius 1 is 0.936 bits per heavy atom. The third-order valence-electron chi connectivity index (χ3n) is 9.69. The minimum absolute atomic E-state index is 0.0327. The number of carbonyl (C=O) groups is 3. The zero-order valence-corrected chi connectivity index (χ0v) is 28.5. The number of rotatable bonds is 16. The summed E-state index contributed by atoms with van der Waals surface area (Å²) in [6.45, 7) is 6.86. The van der Waals surface area contributed by atoms with Gasteiger partial charge < -0.3 is 30.6 Å². The molecule has 1 saturated heterocycles. The molecule has 5 atom stereocenters. The lowest BCUT2D eigenvalue weighted by Gasteiger charge is -2.34. The van der Waals surface area contributed by atoms with Gasteiger partial charge in [0.25, 0.3) is 0 Å². The first-order valence-electron chi connectivity index (χ1n) is 17.5. The van der Waals surface area contributed by atoms with Crippen LogP contribution in [-0.4, -0.2) is 105 Å². The van der Waals surface area contributed by atoms with Crippen molar-refractivity contribution in [2.45, 2.75) is 102 Å². The number of benzene rings is 1. The summed E-state index contributed by atoms with van der Waals surface area (Å²) in [7, 11) is 2.03. The van der Waals surface area contributed by atoms with Gasteiger partial charge in [0.1, 0.15) is 12.1 Å². The molecule has 1 aliphatic heterocycles. The van der Waals surface area contributed by atoms with Gasteiger partial charge in [0.05, 0.1) is 24.6 Å². The van der Waals surface area contributed by atoms with Gasteiger partial charge >= 0.3 is 0 Å². The summed E-state index contributed by atoms with van der Waals surface area (Å²) in [5.41, 5.74) is 0.932. The van der Waals surface area contributed by atoms with E-state index in [0.717, 1.165) is 44.3 Å². The zero-order chi connectivity index (χ0) is 33.8. The Balaban J connectivity index is 1.53. The minimum atomic E-state index is -1.14. The molecule has 0 bridgehead atoms. The summed E-state index contributed by atoms with van der Waals surface area (Å²) in [4.78, 5) is 45.5. The second-order valence-electron chi connectivity index (χ2n) is 14.1. The molecule has 2 fully saturated rings. The Morgan fingerprint density at radius 3 is 2.28 bits per heavy atom. The maximum Gasteiger partial charge on any atom is 0.244 e. The Morgan fingerprint density at radius 2 is 1.64 bits per heavy atom. The molecular formula is C36H56N6O5. The average Bonchev–Trinajstić information content (AvgIpc) is 3.57. The molecule has 1 aliphatic carbocycles. The lowest BCUT2D eigenvalue weighted by Crippen LogP contribution is -2.57. The SMILES string of the molecule is CC(C)C[C@H](O)[C@H](O)[C@H](CC1CCCCC1)NC(=O)[C@H](Cn1cccn1)NC(=O)[C@@H](CC(=O)N1CCN(C)CC1)Cc1ccccc1. The van der Waals surface area contributed by atoms with Gasteiger partial charge in [-0.05, 0) is 49.8 Å². The molecule has 47 heavy (non-hydrogen) atoms. The number of aromatic nitrogens is 2. The number of piperazine rings is 1. The van der Waals surface area contributed by atoms with Crippen LogP contribution in [0, 0.1) is 17.8 Å². The molecule has 3 amide bonds. The van der Waals surface area contributed by atoms with Crippen LogP contribution in [0.15, 0.2) is 48.8 Å². The molecule has 0 spiro atoms. The number of amides is 3. The number of aliphatic hydroxyl groups excluding tert-OH is 2. The van der Waals surface area contributed by atoms with E-state index < -0.39 is 36.1 Å². The van der Waals surface area contributed by atoms with Crippen molar-refractivity contribution in [1.29, 1.82) is 0 Å². The summed E-state index contributed by atoms with van der Waals surface area (Å²) < 4.78 is 1.59. The number of hydrogen-bond donors (Lipinski definition) is 4. The van der Waals surface area contributed by atoms with Gasteiger partial charge in [-0.2, -0.15) is 5.10 Å². The molecule has 4 rings (SSSR count). The van der Waals surface area contributed by atoms with Crippen molar-refractivity contribution >= 4 is 17.7 Å². The van der Waals surface area contributed by atoms with Gasteiger partial charge in [0, 0.05) is 45.0 Å². The fourth-order valence-corrected chi connectivity index (χ4v) is 6.87.